The molecular formula is C43H54N6O7. The standard InChI is InChI=1S/C43H54N6O7/c1-9-35-29(4)36(48-42(52)49-37-25-32(43(5,6)7)22-30(28(37)3)24-39(44)50)10-11-38(35)56-34-12-13-45-40(26-34)47-33-21-27(2)20-31(23-33)41(51)46-14-15-54-18-19-55-17-16-53-8/h9-13,20-23,25-26H,1,14-19,24H2,2-8H3,(H2,44,50)(H,45,47)(H,46,51)(H2,48,49,52). The number of nitrogens with one attached hydrogen (secondary N) is 4. The number of carbonyl (C=O) groups excluding carboxylic acids is 3. The monoisotopic (exact) mass is 766 g/mol. The first-order chi connectivity index (χ1) is 26.7. The fourth-order valence-corrected chi connectivity index (χ4v) is 5.77. The van der Waals surface area contributed by atoms with Crippen molar-refractivity contribution in [3.63, 3.8) is 0 Å². The number of urea groups is 1. The minimum absolute atomic E-state index is 0.0703. The maximum atomic E-state index is 13.3. The van der Waals surface area contributed by atoms with Crippen molar-refractivity contribution in [3.8, 4) is 11.5 Å². The third kappa shape index (κ3) is 12.7. The number of aryl methyl sites for hydroxylation is 1. The summed E-state index contributed by atoms with van der Waals surface area (Å²) in [6, 6.07) is 15.9. The molecule has 3 aromatic carbocycles. The highest BCUT2D eigenvalue weighted by molar-refractivity contribution is 6.01. The number of amides is 4. The first kappa shape index (κ1) is 43.0. The van der Waals surface area contributed by atoms with E-state index in [0.717, 1.165) is 27.8 Å². The van der Waals surface area contributed by atoms with E-state index in [2.05, 4.69) is 53.6 Å². The molecule has 0 aliphatic carbocycles. The molecule has 0 bridgehead atoms. The van der Waals surface area contributed by atoms with Gasteiger partial charge in [0.15, 0.2) is 0 Å². The van der Waals surface area contributed by atoms with Crippen LogP contribution in [-0.2, 0) is 30.8 Å². The number of nitrogens with zero attached hydrogens (tertiary/aromatic N) is 1. The van der Waals surface area contributed by atoms with Gasteiger partial charge in [0.2, 0.25) is 5.91 Å². The van der Waals surface area contributed by atoms with Crippen LogP contribution in [-0.4, -0.2) is 69.5 Å². The molecule has 13 nitrogen and oxygen atoms in total. The number of ether oxygens (including phenoxy) is 4. The molecule has 0 spiro atoms. The Hall–Kier alpha value is -5.76. The summed E-state index contributed by atoms with van der Waals surface area (Å²) in [4.78, 5) is 42.4. The van der Waals surface area contributed by atoms with Crippen molar-refractivity contribution in [2.75, 3.05) is 62.6 Å². The molecular weight excluding hydrogens is 713 g/mol. The van der Waals surface area contributed by atoms with Gasteiger partial charge in [0.05, 0.1) is 39.5 Å². The lowest BCUT2D eigenvalue weighted by atomic mass is 9.84. The van der Waals surface area contributed by atoms with E-state index in [1.54, 1.807) is 49.7 Å². The molecule has 56 heavy (non-hydrogen) atoms. The minimum atomic E-state index is -0.444. The molecule has 0 saturated carbocycles. The zero-order chi connectivity index (χ0) is 40.8. The first-order valence-corrected chi connectivity index (χ1v) is 18.4. The molecule has 13 heteroatoms. The van der Waals surface area contributed by atoms with Crippen LogP contribution in [0.5, 0.6) is 11.5 Å². The number of hydrogen-bond acceptors (Lipinski definition) is 9. The quantitative estimate of drug-likeness (QED) is 0.0603. The van der Waals surface area contributed by atoms with Crippen LogP contribution in [0, 0.1) is 20.8 Å². The van der Waals surface area contributed by atoms with E-state index < -0.39 is 11.9 Å². The Morgan fingerprint density at radius 1 is 0.857 bits per heavy atom. The molecule has 0 unspecified atom stereocenters. The van der Waals surface area contributed by atoms with Gasteiger partial charge in [0.25, 0.3) is 5.91 Å². The van der Waals surface area contributed by atoms with Gasteiger partial charge in [-0.05, 0) is 96.5 Å². The van der Waals surface area contributed by atoms with Gasteiger partial charge in [-0.15, -0.1) is 0 Å². The molecule has 0 aliphatic heterocycles. The van der Waals surface area contributed by atoms with Crippen LogP contribution in [0.25, 0.3) is 6.08 Å². The highest BCUT2D eigenvalue weighted by Gasteiger charge is 2.20. The van der Waals surface area contributed by atoms with Crippen LogP contribution in [0.15, 0.2) is 67.4 Å². The molecule has 1 heterocycles. The van der Waals surface area contributed by atoms with Gasteiger partial charge in [-0.25, -0.2) is 9.78 Å². The fourth-order valence-electron chi connectivity index (χ4n) is 5.77. The van der Waals surface area contributed by atoms with Crippen molar-refractivity contribution in [1.29, 1.82) is 0 Å². The zero-order valence-electron chi connectivity index (χ0n) is 33.4. The summed E-state index contributed by atoms with van der Waals surface area (Å²) < 4.78 is 22.1. The summed E-state index contributed by atoms with van der Waals surface area (Å²) in [7, 11) is 1.62. The summed E-state index contributed by atoms with van der Waals surface area (Å²) in [5.74, 6) is 0.892. The summed E-state index contributed by atoms with van der Waals surface area (Å²) in [5, 5.41) is 12.1. The molecule has 1 aromatic heterocycles. The van der Waals surface area contributed by atoms with Crippen LogP contribution in [0.4, 0.5) is 27.7 Å². The van der Waals surface area contributed by atoms with Gasteiger partial charge < -0.3 is 45.9 Å². The number of benzene rings is 3. The minimum Gasteiger partial charge on any atom is -0.457 e. The Morgan fingerprint density at radius 2 is 1.57 bits per heavy atom. The number of pyridine rings is 1. The van der Waals surface area contributed by atoms with E-state index in [-0.39, 0.29) is 17.7 Å². The first-order valence-electron chi connectivity index (χ1n) is 18.4. The van der Waals surface area contributed by atoms with Gasteiger partial charge in [0, 0.05) is 54.1 Å². The van der Waals surface area contributed by atoms with Crippen LogP contribution >= 0.6 is 0 Å². The number of methoxy groups -OCH3 is 1. The Kier molecular flexibility index (Phi) is 15.5. The molecule has 0 aliphatic rings. The average molecular weight is 767 g/mol. The lowest BCUT2D eigenvalue weighted by Crippen LogP contribution is -2.27. The molecule has 298 valence electrons. The van der Waals surface area contributed by atoms with Crippen molar-refractivity contribution < 1.29 is 33.3 Å². The number of aromatic nitrogens is 1. The lowest BCUT2D eigenvalue weighted by molar-refractivity contribution is -0.117. The van der Waals surface area contributed by atoms with Crippen molar-refractivity contribution in [1.82, 2.24) is 10.3 Å². The molecule has 6 N–H and O–H groups in total. The van der Waals surface area contributed by atoms with E-state index in [1.807, 2.05) is 45.0 Å². The molecule has 0 saturated heterocycles. The third-order valence-corrected chi connectivity index (χ3v) is 8.83. The second-order valence-corrected chi connectivity index (χ2v) is 14.3. The fraction of sp³-hybridized carbons (Fsp3) is 0.349. The lowest BCUT2D eigenvalue weighted by Gasteiger charge is -2.23. The number of primary amides is 1. The number of carbonyl (C=O) groups is 3. The van der Waals surface area contributed by atoms with Crippen LogP contribution in [0.3, 0.4) is 0 Å². The molecule has 4 rings (SSSR count). The van der Waals surface area contributed by atoms with Crippen LogP contribution in [0.1, 0.15) is 64.5 Å². The number of nitrogens with two attached hydrogens (primary N) is 1. The molecule has 0 fully saturated rings. The van der Waals surface area contributed by atoms with Gasteiger partial charge >= 0.3 is 6.03 Å². The number of rotatable bonds is 19. The second-order valence-electron chi connectivity index (χ2n) is 14.3. The summed E-state index contributed by atoms with van der Waals surface area (Å²) >= 11 is 0. The molecule has 0 radical (unpaired) electrons. The molecule has 4 amide bonds. The number of hydrogen-bond donors (Lipinski definition) is 5. The van der Waals surface area contributed by atoms with E-state index in [9.17, 15) is 14.4 Å². The maximum absolute atomic E-state index is 13.3. The zero-order valence-corrected chi connectivity index (χ0v) is 33.4. The predicted molar refractivity (Wildman–Crippen MR) is 221 cm³/mol. The Bertz CT molecular complexity index is 2020. The highest BCUT2D eigenvalue weighted by atomic mass is 16.5. The van der Waals surface area contributed by atoms with E-state index in [0.29, 0.717) is 85.1 Å². The van der Waals surface area contributed by atoms with E-state index in [1.165, 1.54) is 0 Å². The summed E-state index contributed by atoms with van der Waals surface area (Å²) in [6.45, 7) is 18.5. The predicted octanol–water partition coefficient (Wildman–Crippen LogP) is 7.56. The topological polar surface area (TPSA) is 175 Å². The molecule has 0 atom stereocenters. The van der Waals surface area contributed by atoms with Crippen molar-refractivity contribution in [2.45, 2.75) is 53.4 Å². The smallest absolute Gasteiger partial charge is 0.323 e. The largest absolute Gasteiger partial charge is 0.457 e. The maximum Gasteiger partial charge on any atom is 0.323 e. The highest BCUT2D eigenvalue weighted by Crippen LogP contribution is 2.34. The van der Waals surface area contributed by atoms with Gasteiger partial charge in [-0.3, -0.25) is 9.59 Å². The molecule has 4 aromatic rings. The normalized spacial score (nSPS) is 11.1. The van der Waals surface area contributed by atoms with Crippen molar-refractivity contribution in [2.24, 2.45) is 5.73 Å². The third-order valence-electron chi connectivity index (χ3n) is 8.83. The van der Waals surface area contributed by atoms with Crippen LogP contribution < -0.4 is 31.7 Å². The van der Waals surface area contributed by atoms with Crippen LogP contribution in [0.2, 0.25) is 0 Å². The van der Waals surface area contributed by atoms with Crippen molar-refractivity contribution in [3.05, 3.63) is 106 Å². The van der Waals surface area contributed by atoms with Gasteiger partial charge in [0.1, 0.15) is 17.3 Å². The average Bonchev–Trinajstić information content (AvgIpc) is 3.13. The van der Waals surface area contributed by atoms with Gasteiger partial charge in [-0.2, -0.15) is 0 Å². The summed E-state index contributed by atoms with van der Waals surface area (Å²) in [5.41, 5.74) is 12.5. The number of anilines is 4. The van der Waals surface area contributed by atoms with E-state index >= 15 is 0 Å². The van der Waals surface area contributed by atoms with Gasteiger partial charge in [-0.1, -0.05) is 39.5 Å². The van der Waals surface area contributed by atoms with Crippen molar-refractivity contribution >= 4 is 46.8 Å². The Balaban J connectivity index is 1.40. The summed E-state index contributed by atoms with van der Waals surface area (Å²) in [6.07, 6.45) is 3.36. The second kappa shape index (κ2) is 20.2. The Labute approximate surface area is 329 Å². The van der Waals surface area contributed by atoms with E-state index in [4.69, 9.17) is 24.7 Å². The SMILES string of the molecule is C=Cc1c(Oc2ccnc(Nc3cc(C)cc(C(=O)NCCOCCOCCOC)c3)c2)ccc(NC(=O)Nc2cc(C(C)(C)C)cc(CC(N)=O)c2C)c1C. The Morgan fingerprint density at radius 3 is 2.27 bits per heavy atom.